The summed E-state index contributed by atoms with van der Waals surface area (Å²) in [5, 5.41) is 9.92. The van der Waals surface area contributed by atoms with E-state index in [4.69, 9.17) is 0 Å². The topological polar surface area (TPSA) is 20.2 Å². The molecule has 0 saturated carbocycles. The summed E-state index contributed by atoms with van der Waals surface area (Å²) in [4.78, 5) is 0. The normalized spacial score (nSPS) is 12.4. The first-order chi connectivity index (χ1) is 7.74. The van der Waals surface area contributed by atoms with E-state index in [0.29, 0.717) is 0 Å². The zero-order valence-electron chi connectivity index (χ0n) is 9.86. The third-order valence-electron chi connectivity index (χ3n) is 2.44. The molecule has 0 heterocycles. The number of benzene rings is 1. The van der Waals surface area contributed by atoms with Crippen LogP contribution in [0.15, 0.2) is 41.4 Å². The summed E-state index contributed by atoms with van der Waals surface area (Å²) in [7, 11) is 0. The third-order valence-corrected chi connectivity index (χ3v) is 4.63. The molecule has 0 aliphatic carbocycles. The van der Waals surface area contributed by atoms with Crippen molar-refractivity contribution < 1.29 is 5.11 Å². The van der Waals surface area contributed by atoms with Gasteiger partial charge in [-0.1, -0.05) is 0 Å². The molecule has 1 nitrogen and oxygen atoms in total. The van der Waals surface area contributed by atoms with Gasteiger partial charge in [0.05, 0.1) is 0 Å². The van der Waals surface area contributed by atoms with E-state index < -0.39 is 0 Å². The fourth-order valence-corrected chi connectivity index (χ4v) is 3.24. The van der Waals surface area contributed by atoms with Crippen LogP contribution in [0.3, 0.4) is 0 Å². The summed E-state index contributed by atoms with van der Waals surface area (Å²) in [6.07, 6.45) is 4.04. The average molecular weight is 283 g/mol. The summed E-state index contributed by atoms with van der Waals surface area (Å²) in [6, 6.07) is 10.3. The van der Waals surface area contributed by atoms with Crippen LogP contribution in [0.25, 0.3) is 0 Å². The minimum atomic E-state index is -0.313. The Hall–Kier alpha value is -0.561. The van der Waals surface area contributed by atoms with Gasteiger partial charge in [-0.05, 0) is 0 Å². The average Bonchev–Trinajstić information content (AvgIpc) is 2.30. The molecule has 0 aliphatic rings. The second-order valence-corrected chi connectivity index (χ2v) is 6.41. The minimum absolute atomic E-state index is 0.201. The van der Waals surface area contributed by atoms with Crippen LogP contribution in [-0.2, 0) is 0 Å². The zero-order valence-corrected chi connectivity index (χ0v) is 11.6. The maximum absolute atomic E-state index is 9.92. The molecule has 2 heteroatoms. The molecular formula is C14H20OSe. The number of aliphatic hydroxyl groups is 1. The summed E-state index contributed by atoms with van der Waals surface area (Å²) in [6.45, 7) is 6.18. The van der Waals surface area contributed by atoms with Gasteiger partial charge >= 0.3 is 105 Å². The molecule has 16 heavy (non-hydrogen) atoms. The van der Waals surface area contributed by atoms with Crippen LogP contribution in [0.4, 0.5) is 0 Å². The summed E-state index contributed by atoms with van der Waals surface area (Å²) in [5.74, 6) is 0. The van der Waals surface area contributed by atoms with Gasteiger partial charge in [0.2, 0.25) is 0 Å². The van der Waals surface area contributed by atoms with Gasteiger partial charge in [0.15, 0.2) is 0 Å². The molecule has 1 aromatic carbocycles. The van der Waals surface area contributed by atoms with Crippen LogP contribution >= 0.6 is 0 Å². The molecule has 1 rings (SSSR count). The zero-order chi connectivity index (χ0) is 11.8. The fourth-order valence-electron chi connectivity index (χ4n) is 1.46. The fraction of sp³-hybridized carbons (Fsp3) is 0.429. The van der Waals surface area contributed by atoms with E-state index >= 15 is 0 Å². The summed E-state index contributed by atoms with van der Waals surface area (Å²) < 4.78 is 2.28. The van der Waals surface area contributed by atoms with Crippen LogP contribution < -0.4 is 4.46 Å². The van der Waals surface area contributed by atoms with Crippen LogP contribution in [0.2, 0.25) is 0 Å². The molecule has 0 amide bonds. The maximum atomic E-state index is 9.92. The van der Waals surface area contributed by atoms with E-state index in [1.807, 2.05) is 18.2 Å². The first-order valence-corrected chi connectivity index (χ1v) is 7.55. The van der Waals surface area contributed by atoms with Crippen LogP contribution in [-0.4, -0.2) is 26.2 Å². The molecule has 0 fully saturated rings. The SMILES string of the molecule is C=C([Se]c1ccccc1)C(O)CCCCC. The first kappa shape index (κ1) is 13.5. The van der Waals surface area contributed by atoms with Crippen molar-refractivity contribution >= 4 is 19.4 Å². The molecule has 0 saturated heterocycles. The van der Waals surface area contributed by atoms with Crippen molar-refractivity contribution in [2.45, 2.75) is 38.7 Å². The van der Waals surface area contributed by atoms with Gasteiger partial charge < -0.3 is 0 Å². The van der Waals surface area contributed by atoms with Gasteiger partial charge in [0.1, 0.15) is 0 Å². The van der Waals surface area contributed by atoms with Crippen molar-refractivity contribution in [3.05, 3.63) is 41.4 Å². The number of hydrogen-bond donors (Lipinski definition) is 1. The van der Waals surface area contributed by atoms with E-state index in [2.05, 4.69) is 25.6 Å². The van der Waals surface area contributed by atoms with E-state index in [1.165, 1.54) is 17.3 Å². The van der Waals surface area contributed by atoms with Gasteiger partial charge in [0, 0.05) is 0 Å². The summed E-state index contributed by atoms with van der Waals surface area (Å²) >= 11 is 0.201. The molecule has 0 aromatic heterocycles. The number of unbranched alkanes of at least 4 members (excludes halogenated alkanes) is 2. The standard InChI is InChI=1S/C14H20OSe/c1-3-4-6-11-14(15)12(2)16-13-9-7-5-8-10-13/h5,7-10,14-15H,2-4,6,11H2,1H3. The number of aliphatic hydroxyl groups excluding tert-OH is 1. The molecule has 88 valence electrons. The van der Waals surface area contributed by atoms with Gasteiger partial charge in [0.25, 0.3) is 0 Å². The number of hydrogen-bond acceptors (Lipinski definition) is 1. The third kappa shape index (κ3) is 4.98. The van der Waals surface area contributed by atoms with Gasteiger partial charge in [-0.25, -0.2) is 0 Å². The van der Waals surface area contributed by atoms with Crippen molar-refractivity contribution in [3.8, 4) is 0 Å². The molecule has 1 unspecified atom stereocenters. The Kier molecular flexibility index (Phi) is 6.47. The Morgan fingerprint density at radius 1 is 1.31 bits per heavy atom. The van der Waals surface area contributed by atoms with Gasteiger partial charge in [-0.3, -0.25) is 0 Å². The Labute approximate surface area is 105 Å². The van der Waals surface area contributed by atoms with E-state index in [-0.39, 0.29) is 21.1 Å². The molecule has 0 aliphatic heterocycles. The quantitative estimate of drug-likeness (QED) is 0.602. The Bertz CT molecular complexity index is 308. The van der Waals surface area contributed by atoms with Crippen LogP contribution in [0, 0.1) is 0 Å². The molecule has 1 aromatic rings. The molecule has 1 atom stereocenters. The molecule has 1 N–H and O–H groups in total. The predicted octanol–water partition coefficient (Wildman–Crippen LogP) is 2.47. The van der Waals surface area contributed by atoms with Gasteiger partial charge in [-0.2, -0.15) is 0 Å². The van der Waals surface area contributed by atoms with Crippen molar-refractivity contribution in [1.82, 2.24) is 0 Å². The molecular weight excluding hydrogens is 263 g/mol. The second-order valence-electron chi connectivity index (χ2n) is 3.89. The van der Waals surface area contributed by atoms with Crippen molar-refractivity contribution in [1.29, 1.82) is 0 Å². The molecule has 0 bridgehead atoms. The Morgan fingerprint density at radius 2 is 2.00 bits per heavy atom. The van der Waals surface area contributed by atoms with Crippen molar-refractivity contribution in [3.63, 3.8) is 0 Å². The summed E-state index contributed by atoms with van der Waals surface area (Å²) in [5.41, 5.74) is 0. The second kappa shape index (κ2) is 7.67. The van der Waals surface area contributed by atoms with Crippen LogP contribution in [0.1, 0.15) is 32.6 Å². The first-order valence-electron chi connectivity index (χ1n) is 5.83. The van der Waals surface area contributed by atoms with E-state index in [9.17, 15) is 5.11 Å². The molecule has 0 spiro atoms. The van der Waals surface area contributed by atoms with Crippen molar-refractivity contribution in [2.75, 3.05) is 0 Å². The Morgan fingerprint density at radius 3 is 2.62 bits per heavy atom. The van der Waals surface area contributed by atoms with Gasteiger partial charge in [-0.15, -0.1) is 0 Å². The number of rotatable bonds is 7. The van der Waals surface area contributed by atoms with Crippen molar-refractivity contribution in [2.24, 2.45) is 0 Å². The molecule has 0 radical (unpaired) electrons. The van der Waals surface area contributed by atoms with E-state index in [0.717, 1.165) is 17.3 Å². The van der Waals surface area contributed by atoms with E-state index in [1.54, 1.807) is 0 Å². The monoisotopic (exact) mass is 284 g/mol. The van der Waals surface area contributed by atoms with Crippen LogP contribution in [0.5, 0.6) is 0 Å². The predicted molar refractivity (Wildman–Crippen MR) is 71.1 cm³/mol. The Balaban J connectivity index is 2.34.